The summed E-state index contributed by atoms with van der Waals surface area (Å²) in [5.74, 6) is 0. The van der Waals surface area contributed by atoms with Gasteiger partial charge in [0, 0.05) is 6.54 Å². The van der Waals surface area contributed by atoms with Gasteiger partial charge in [-0.3, -0.25) is 0 Å². The van der Waals surface area contributed by atoms with Crippen molar-refractivity contribution >= 4 is 5.57 Å². The molecule has 2 atom stereocenters. The minimum atomic E-state index is -0.694. The largest absolute Gasteiger partial charge is 0.379 e. The van der Waals surface area contributed by atoms with Crippen molar-refractivity contribution in [2.75, 3.05) is 6.54 Å². The third-order valence-corrected chi connectivity index (χ3v) is 2.52. The number of benzene rings is 1. The van der Waals surface area contributed by atoms with Crippen molar-refractivity contribution in [3.05, 3.63) is 42.5 Å². The Hall–Kier alpha value is -1.16. The predicted octanol–water partition coefficient (Wildman–Crippen LogP) is 1.68. The third-order valence-electron chi connectivity index (χ3n) is 2.52. The van der Waals surface area contributed by atoms with Gasteiger partial charge in [-0.15, -0.1) is 0 Å². The number of nitrogens with zero attached hydrogens (tertiary/aromatic N) is 1. The number of aliphatic hydroxyl groups excluding tert-OH is 2. The summed E-state index contributed by atoms with van der Waals surface area (Å²) in [6, 6.07) is 9.75. The summed E-state index contributed by atoms with van der Waals surface area (Å²) < 4.78 is 0. The molecule has 0 fully saturated rings. The molecule has 0 aliphatic carbocycles. The fourth-order valence-electron chi connectivity index (χ4n) is 1.56. The van der Waals surface area contributed by atoms with Gasteiger partial charge in [-0.25, -0.2) is 4.90 Å². The third kappa shape index (κ3) is 3.45. The van der Waals surface area contributed by atoms with Crippen LogP contribution in [0.2, 0.25) is 0 Å². The maximum absolute atomic E-state index is 9.50. The Balaban J connectivity index is 2.70. The lowest BCUT2D eigenvalue weighted by Crippen LogP contribution is -2.40. The molecule has 0 radical (unpaired) electrons. The SMILES string of the molecule is C=C(CN(C(C)O)C(C)O)c1ccccc1. The van der Waals surface area contributed by atoms with Crippen LogP contribution >= 0.6 is 0 Å². The monoisotopic (exact) mass is 221 g/mol. The highest BCUT2D eigenvalue weighted by atomic mass is 16.3. The van der Waals surface area contributed by atoms with E-state index in [0.29, 0.717) is 6.54 Å². The number of hydrogen-bond acceptors (Lipinski definition) is 3. The highest BCUT2D eigenvalue weighted by Gasteiger charge is 2.17. The summed E-state index contributed by atoms with van der Waals surface area (Å²) in [5.41, 5.74) is 1.90. The zero-order chi connectivity index (χ0) is 12.1. The average molecular weight is 221 g/mol. The van der Waals surface area contributed by atoms with Gasteiger partial charge in [-0.1, -0.05) is 36.9 Å². The summed E-state index contributed by atoms with van der Waals surface area (Å²) in [7, 11) is 0. The molecule has 1 aromatic rings. The first kappa shape index (κ1) is 12.9. The van der Waals surface area contributed by atoms with Crippen LogP contribution in [-0.2, 0) is 0 Å². The second-order valence-corrected chi connectivity index (χ2v) is 3.91. The Morgan fingerprint density at radius 2 is 1.69 bits per heavy atom. The first-order valence-corrected chi connectivity index (χ1v) is 5.37. The molecule has 0 aliphatic heterocycles. The van der Waals surface area contributed by atoms with Crippen molar-refractivity contribution < 1.29 is 10.2 Å². The zero-order valence-corrected chi connectivity index (χ0v) is 9.80. The van der Waals surface area contributed by atoms with E-state index >= 15 is 0 Å². The van der Waals surface area contributed by atoms with Crippen LogP contribution in [0.4, 0.5) is 0 Å². The molecular weight excluding hydrogens is 202 g/mol. The van der Waals surface area contributed by atoms with E-state index < -0.39 is 12.5 Å². The summed E-state index contributed by atoms with van der Waals surface area (Å²) in [6.07, 6.45) is -1.39. The van der Waals surface area contributed by atoms with E-state index in [1.54, 1.807) is 18.7 Å². The van der Waals surface area contributed by atoms with Crippen LogP contribution in [0, 0.1) is 0 Å². The van der Waals surface area contributed by atoms with Crippen LogP contribution in [-0.4, -0.2) is 34.1 Å². The van der Waals surface area contributed by atoms with Gasteiger partial charge in [0.15, 0.2) is 0 Å². The second-order valence-electron chi connectivity index (χ2n) is 3.91. The molecule has 3 heteroatoms. The van der Waals surface area contributed by atoms with Crippen molar-refractivity contribution in [1.82, 2.24) is 4.90 Å². The average Bonchev–Trinajstić information content (AvgIpc) is 2.25. The second kappa shape index (κ2) is 5.80. The lowest BCUT2D eigenvalue weighted by Gasteiger charge is -2.28. The van der Waals surface area contributed by atoms with Crippen LogP contribution in [0.15, 0.2) is 36.9 Å². The molecule has 1 rings (SSSR count). The number of aliphatic hydroxyl groups is 2. The molecule has 0 saturated heterocycles. The van der Waals surface area contributed by atoms with Gasteiger partial charge < -0.3 is 10.2 Å². The molecule has 0 aromatic heterocycles. The quantitative estimate of drug-likeness (QED) is 0.743. The highest BCUT2D eigenvalue weighted by molar-refractivity contribution is 5.64. The van der Waals surface area contributed by atoms with Crippen LogP contribution in [0.25, 0.3) is 5.57 Å². The van der Waals surface area contributed by atoms with Crippen molar-refractivity contribution in [2.45, 2.75) is 26.3 Å². The van der Waals surface area contributed by atoms with Crippen molar-refractivity contribution in [2.24, 2.45) is 0 Å². The molecule has 0 saturated carbocycles. The summed E-state index contributed by atoms with van der Waals surface area (Å²) in [4.78, 5) is 1.56. The zero-order valence-electron chi connectivity index (χ0n) is 9.80. The van der Waals surface area contributed by atoms with Crippen LogP contribution < -0.4 is 0 Å². The van der Waals surface area contributed by atoms with Gasteiger partial charge in [0.25, 0.3) is 0 Å². The molecule has 0 spiro atoms. The summed E-state index contributed by atoms with van der Waals surface area (Å²) in [5, 5.41) is 19.0. The van der Waals surface area contributed by atoms with Gasteiger partial charge in [-0.2, -0.15) is 0 Å². The normalized spacial score (nSPS) is 14.8. The van der Waals surface area contributed by atoms with E-state index in [1.165, 1.54) is 0 Å². The number of hydrogen-bond donors (Lipinski definition) is 2. The first-order valence-electron chi connectivity index (χ1n) is 5.37. The summed E-state index contributed by atoms with van der Waals surface area (Å²) >= 11 is 0. The molecule has 2 unspecified atom stereocenters. The summed E-state index contributed by atoms with van der Waals surface area (Å²) in [6.45, 7) is 7.67. The molecule has 0 amide bonds. The molecule has 2 N–H and O–H groups in total. The van der Waals surface area contributed by atoms with Crippen LogP contribution in [0.3, 0.4) is 0 Å². The Labute approximate surface area is 96.6 Å². The molecule has 0 bridgehead atoms. The Morgan fingerprint density at radius 1 is 1.19 bits per heavy atom. The minimum absolute atomic E-state index is 0.444. The Morgan fingerprint density at radius 3 is 2.12 bits per heavy atom. The maximum atomic E-state index is 9.50. The van der Waals surface area contributed by atoms with E-state index in [9.17, 15) is 10.2 Å². The molecule has 0 heterocycles. The van der Waals surface area contributed by atoms with Gasteiger partial charge in [0.05, 0.1) is 0 Å². The van der Waals surface area contributed by atoms with Gasteiger partial charge in [-0.05, 0) is 25.0 Å². The standard InChI is InChI=1S/C13H19NO2/c1-10(13-7-5-4-6-8-13)9-14(11(2)15)12(3)16/h4-8,11-12,15-16H,1,9H2,2-3H3. The van der Waals surface area contributed by atoms with Crippen molar-refractivity contribution in [1.29, 1.82) is 0 Å². The van der Waals surface area contributed by atoms with Crippen LogP contribution in [0.5, 0.6) is 0 Å². The molecule has 16 heavy (non-hydrogen) atoms. The first-order chi connectivity index (χ1) is 7.52. The van der Waals surface area contributed by atoms with Crippen molar-refractivity contribution in [3.63, 3.8) is 0 Å². The molecular formula is C13H19NO2. The Kier molecular flexibility index (Phi) is 4.68. The van der Waals surface area contributed by atoms with E-state index in [-0.39, 0.29) is 0 Å². The Bertz CT molecular complexity index is 325. The van der Waals surface area contributed by atoms with E-state index in [4.69, 9.17) is 0 Å². The lowest BCUT2D eigenvalue weighted by atomic mass is 10.1. The predicted molar refractivity (Wildman–Crippen MR) is 65.5 cm³/mol. The molecule has 88 valence electrons. The van der Waals surface area contributed by atoms with E-state index in [1.807, 2.05) is 30.3 Å². The lowest BCUT2D eigenvalue weighted by molar-refractivity contribution is -0.0753. The maximum Gasteiger partial charge on any atom is 0.106 e. The number of rotatable bonds is 5. The van der Waals surface area contributed by atoms with Crippen LogP contribution in [0.1, 0.15) is 19.4 Å². The highest BCUT2D eigenvalue weighted by Crippen LogP contribution is 2.15. The fraction of sp³-hybridized carbons (Fsp3) is 0.385. The van der Waals surface area contributed by atoms with Crippen molar-refractivity contribution in [3.8, 4) is 0 Å². The van der Waals surface area contributed by atoms with Gasteiger partial charge >= 0.3 is 0 Å². The van der Waals surface area contributed by atoms with Gasteiger partial charge in [0.2, 0.25) is 0 Å². The molecule has 0 aliphatic rings. The molecule has 3 nitrogen and oxygen atoms in total. The fourth-order valence-corrected chi connectivity index (χ4v) is 1.56. The smallest absolute Gasteiger partial charge is 0.106 e. The molecule has 1 aromatic carbocycles. The van der Waals surface area contributed by atoms with E-state index in [0.717, 1.165) is 11.1 Å². The van der Waals surface area contributed by atoms with Gasteiger partial charge in [0.1, 0.15) is 12.5 Å². The minimum Gasteiger partial charge on any atom is -0.379 e. The topological polar surface area (TPSA) is 43.7 Å². The van der Waals surface area contributed by atoms with E-state index in [2.05, 4.69) is 6.58 Å².